The van der Waals surface area contributed by atoms with Crippen molar-refractivity contribution in [2.45, 2.75) is 76.0 Å². The summed E-state index contributed by atoms with van der Waals surface area (Å²) in [7, 11) is 0. The second-order valence-electron chi connectivity index (χ2n) is 10.5. The van der Waals surface area contributed by atoms with Gasteiger partial charge in [0.15, 0.2) is 0 Å². The van der Waals surface area contributed by atoms with Crippen LogP contribution in [0.4, 0.5) is 0 Å². The monoisotopic (exact) mass is 451 g/mol. The molecule has 0 aromatic carbocycles. The smallest absolute Gasteiger partial charge is 0.306 e. The molecule has 0 amide bonds. The van der Waals surface area contributed by atoms with Crippen molar-refractivity contribution in [1.82, 2.24) is 25.9 Å². The molecule has 5 aliphatic rings. The number of carboxylic acid groups (broad SMARTS) is 1. The predicted molar refractivity (Wildman–Crippen MR) is 120 cm³/mol. The highest BCUT2D eigenvalue weighted by Gasteiger charge is 2.42. The van der Waals surface area contributed by atoms with Gasteiger partial charge >= 0.3 is 5.97 Å². The SMILES string of the molecule is O=C(O)C1CCC(CN2CCC[C@H]2C2NC(C3CCNC(N4CCOCC4)C3)NO2)CC1. The van der Waals surface area contributed by atoms with E-state index in [-0.39, 0.29) is 18.3 Å². The third-order valence-electron chi connectivity index (χ3n) is 8.50. The van der Waals surface area contributed by atoms with Crippen LogP contribution in [0.5, 0.6) is 0 Å². The molecule has 1 aliphatic carbocycles. The number of nitrogens with zero attached hydrogens (tertiary/aromatic N) is 2. The molecule has 5 atom stereocenters. The molecule has 32 heavy (non-hydrogen) atoms. The van der Waals surface area contributed by atoms with Gasteiger partial charge in [0.1, 0.15) is 6.23 Å². The third-order valence-corrected chi connectivity index (χ3v) is 8.50. The fourth-order valence-corrected chi connectivity index (χ4v) is 6.55. The summed E-state index contributed by atoms with van der Waals surface area (Å²) in [6.07, 6.45) is 9.09. The zero-order valence-electron chi connectivity index (χ0n) is 19.2. The Balaban J connectivity index is 1.11. The number of carboxylic acids is 1. The Morgan fingerprint density at radius 2 is 1.84 bits per heavy atom. The lowest BCUT2D eigenvalue weighted by Gasteiger charge is -2.41. The van der Waals surface area contributed by atoms with Gasteiger partial charge < -0.3 is 15.2 Å². The first-order valence-electron chi connectivity index (χ1n) is 12.9. The summed E-state index contributed by atoms with van der Waals surface area (Å²) in [6.45, 7) is 6.96. The van der Waals surface area contributed by atoms with Gasteiger partial charge in [0.25, 0.3) is 0 Å². The zero-order chi connectivity index (χ0) is 21.9. The molecular weight excluding hydrogens is 410 g/mol. The quantitative estimate of drug-likeness (QED) is 0.467. The Bertz CT molecular complexity index is 626. The predicted octanol–water partition coefficient (Wildman–Crippen LogP) is 0.776. The summed E-state index contributed by atoms with van der Waals surface area (Å²) in [5.41, 5.74) is 3.35. The number of aliphatic carboxylic acids is 1. The maximum atomic E-state index is 11.2. The van der Waals surface area contributed by atoms with Gasteiger partial charge in [-0.3, -0.25) is 24.7 Å². The molecule has 4 heterocycles. The molecular formula is C23H41N5O4. The molecule has 4 N–H and O–H groups in total. The topological polar surface area (TPSA) is 98.3 Å². The number of hydrogen-bond donors (Lipinski definition) is 4. The lowest BCUT2D eigenvalue weighted by molar-refractivity contribution is -0.143. The van der Waals surface area contributed by atoms with Gasteiger partial charge in [0.2, 0.25) is 0 Å². The molecule has 4 aliphatic heterocycles. The van der Waals surface area contributed by atoms with E-state index in [1.54, 1.807) is 0 Å². The van der Waals surface area contributed by atoms with Crippen molar-refractivity contribution in [2.24, 2.45) is 17.8 Å². The van der Waals surface area contributed by atoms with Crippen LogP contribution in [-0.4, -0.2) is 91.4 Å². The van der Waals surface area contributed by atoms with E-state index in [1.807, 2.05) is 0 Å². The molecule has 0 aromatic rings. The number of nitrogens with one attached hydrogen (secondary N) is 3. The van der Waals surface area contributed by atoms with Gasteiger partial charge in [-0.05, 0) is 76.3 Å². The van der Waals surface area contributed by atoms with Gasteiger partial charge in [-0.25, -0.2) is 0 Å². The minimum absolute atomic E-state index is 0.0366. The maximum Gasteiger partial charge on any atom is 0.306 e. The molecule has 0 spiro atoms. The third kappa shape index (κ3) is 5.29. The molecule has 5 fully saturated rings. The van der Waals surface area contributed by atoms with E-state index in [0.717, 1.165) is 84.5 Å². The summed E-state index contributed by atoms with van der Waals surface area (Å²) < 4.78 is 5.52. The molecule has 4 saturated heterocycles. The van der Waals surface area contributed by atoms with Gasteiger partial charge in [-0.2, -0.15) is 5.48 Å². The highest BCUT2D eigenvalue weighted by molar-refractivity contribution is 5.69. The van der Waals surface area contributed by atoms with E-state index in [9.17, 15) is 9.90 Å². The molecule has 9 nitrogen and oxygen atoms in total. The average molecular weight is 452 g/mol. The van der Waals surface area contributed by atoms with Crippen molar-refractivity contribution >= 4 is 5.97 Å². The lowest BCUT2D eigenvalue weighted by Crippen LogP contribution is -2.57. The number of hydroxylamine groups is 1. The first kappa shape index (κ1) is 23.0. The number of piperidine rings is 1. The Morgan fingerprint density at radius 1 is 1.03 bits per heavy atom. The number of ether oxygens (including phenoxy) is 1. The van der Waals surface area contributed by atoms with Crippen LogP contribution in [0.1, 0.15) is 51.4 Å². The van der Waals surface area contributed by atoms with E-state index in [0.29, 0.717) is 24.0 Å². The van der Waals surface area contributed by atoms with Crippen molar-refractivity contribution in [3.63, 3.8) is 0 Å². The number of likely N-dealkylation sites (tertiary alicyclic amines) is 1. The van der Waals surface area contributed by atoms with Crippen LogP contribution in [0.15, 0.2) is 0 Å². The first-order chi connectivity index (χ1) is 15.7. The Labute approximate surface area is 191 Å². The summed E-state index contributed by atoms with van der Waals surface area (Å²) in [5.74, 6) is 0.430. The van der Waals surface area contributed by atoms with Crippen LogP contribution < -0.4 is 16.1 Å². The van der Waals surface area contributed by atoms with Crippen LogP contribution in [0.25, 0.3) is 0 Å². The average Bonchev–Trinajstić information content (AvgIpc) is 3.50. The Hall–Kier alpha value is -0.810. The number of hydrogen-bond acceptors (Lipinski definition) is 8. The maximum absolute atomic E-state index is 11.2. The Kier molecular flexibility index (Phi) is 7.63. The molecule has 1 saturated carbocycles. The molecule has 4 unspecified atom stereocenters. The minimum atomic E-state index is -0.614. The van der Waals surface area contributed by atoms with Crippen LogP contribution in [0, 0.1) is 17.8 Å². The van der Waals surface area contributed by atoms with E-state index in [2.05, 4.69) is 25.9 Å². The fraction of sp³-hybridized carbons (Fsp3) is 0.957. The van der Waals surface area contributed by atoms with Crippen LogP contribution in [-0.2, 0) is 14.4 Å². The van der Waals surface area contributed by atoms with Crippen molar-refractivity contribution in [3.8, 4) is 0 Å². The largest absolute Gasteiger partial charge is 0.481 e. The van der Waals surface area contributed by atoms with Crippen LogP contribution in [0.3, 0.4) is 0 Å². The van der Waals surface area contributed by atoms with Gasteiger partial charge in [0, 0.05) is 19.6 Å². The summed E-state index contributed by atoms with van der Waals surface area (Å²) in [6, 6.07) is 0.404. The summed E-state index contributed by atoms with van der Waals surface area (Å²) in [4.78, 5) is 22.5. The normalized spacial score (nSPS) is 42.3. The minimum Gasteiger partial charge on any atom is -0.481 e. The van der Waals surface area contributed by atoms with E-state index in [4.69, 9.17) is 9.57 Å². The molecule has 182 valence electrons. The fourth-order valence-electron chi connectivity index (χ4n) is 6.55. The van der Waals surface area contributed by atoms with Crippen molar-refractivity contribution < 1.29 is 19.5 Å². The summed E-state index contributed by atoms with van der Waals surface area (Å²) >= 11 is 0. The van der Waals surface area contributed by atoms with Crippen molar-refractivity contribution in [3.05, 3.63) is 0 Å². The van der Waals surface area contributed by atoms with E-state index in [1.165, 1.54) is 12.8 Å². The summed E-state index contributed by atoms with van der Waals surface area (Å²) in [5, 5.41) is 16.8. The van der Waals surface area contributed by atoms with Gasteiger partial charge in [-0.15, -0.1) is 0 Å². The second kappa shape index (κ2) is 10.6. The molecule has 0 aromatic heterocycles. The van der Waals surface area contributed by atoms with Crippen LogP contribution in [0.2, 0.25) is 0 Å². The molecule has 0 bridgehead atoms. The van der Waals surface area contributed by atoms with Crippen LogP contribution >= 0.6 is 0 Å². The second-order valence-corrected chi connectivity index (χ2v) is 10.5. The highest BCUT2D eigenvalue weighted by atomic mass is 16.7. The van der Waals surface area contributed by atoms with Crippen molar-refractivity contribution in [2.75, 3.05) is 45.9 Å². The molecule has 0 radical (unpaired) electrons. The number of carbonyl (C=O) groups is 1. The van der Waals surface area contributed by atoms with Crippen molar-refractivity contribution in [1.29, 1.82) is 0 Å². The van der Waals surface area contributed by atoms with E-state index < -0.39 is 5.97 Å². The standard InChI is InChI=1S/C23H41N5O4/c29-23(30)17-5-3-16(4-6-17)15-28-9-1-2-19(28)22-25-21(26-32-22)18-7-8-24-20(14-18)27-10-12-31-13-11-27/h16-22,24-26H,1-15H2,(H,29,30)/t16?,17?,18?,19-,20?,21?,22?/m0/s1. The molecule has 9 heteroatoms. The van der Waals surface area contributed by atoms with Gasteiger partial charge in [-0.1, -0.05) is 0 Å². The molecule has 5 rings (SSSR count). The highest BCUT2D eigenvalue weighted by Crippen LogP contribution is 2.33. The lowest BCUT2D eigenvalue weighted by atomic mass is 9.82. The van der Waals surface area contributed by atoms with E-state index >= 15 is 0 Å². The number of rotatable bonds is 6. The number of morpholine rings is 1. The zero-order valence-corrected chi connectivity index (χ0v) is 19.2. The Morgan fingerprint density at radius 3 is 2.62 bits per heavy atom. The first-order valence-corrected chi connectivity index (χ1v) is 12.9. The van der Waals surface area contributed by atoms with Gasteiger partial charge in [0.05, 0.1) is 37.5 Å².